The maximum Gasteiger partial charge on any atom is 0.235 e. The standard InChI is InChI=1S/C13H24N2OS/c1-4-10-8-6-7-9-15(10)12(16)13(3,5-2)11(14)17/h10H,4-9H2,1-3H3,(H2,14,17). The van der Waals surface area contributed by atoms with E-state index in [9.17, 15) is 4.79 Å². The summed E-state index contributed by atoms with van der Waals surface area (Å²) in [6.45, 7) is 6.84. The average molecular weight is 256 g/mol. The van der Waals surface area contributed by atoms with Crippen LogP contribution in [0.5, 0.6) is 0 Å². The molecule has 0 spiro atoms. The number of hydrogen-bond acceptors (Lipinski definition) is 2. The van der Waals surface area contributed by atoms with Crippen molar-refractivity contribution < 1.29 is 4.79 Å². The van der Waals surface area contributed by atoms with Crippen LogP contribution in [0.25, 0.3) is 0 Å². The maximum absolute atomic E-state index is 12.6. The molecule has 1 rings (SSSR count). The van der Waals surface area contributed by atoms with Gasteiger partial charge in [-0.05, 0) is 39.0 Å². The molecular weight excluding hydrogens is 232 g/mol. The lowest BCUT2D eigenvalue weighted by Crippen LogP contribution is -2.53. The highest BCUT2D eigenvalue weighted by molar-refractivity contribution is 7.80. The molecule has 2 unspecified atom stereocenters. The summed E-state index contributed by atoms with van der Waals surface area (Å²) in [6, 6.07) is 0.372. The maximum atomic E-state index is 12.6. The van der Waals surface area contributed by atoms with Gasteiger partial charge in [-0.25, -0.2) is 0 Å². The van der Waals surface area contributed by atoms with Gasteiger partial charge in [-0.1, -0.05) is 26.1 Å². The van der Waals surface area contributed by atoms with E-state index in [1.807, 2.05) is 18.7 Å². The number of hydrogen-bond donors (Lipinski definition) is 1. The van der Waals surface area contributed by atoms with Gasteiger partial charge in [0.15, 0.2) is 0 Å². The van der Waals surface area contributed by atoms with Crippen molar-refractivity contribution in [3.05, 3.63) is 0 Å². The van der Waals surface area contributed by atoms with Gasteiger partial charge in [0.05, 0.1) is 10.4 Å². The monoisotopic (exact) mass is 256 g/mol. The molecule has 0 radical (unpaired) electrons. The van der Waals surface area contributed by atoms with E-state index in [4.69, 9.17) is 18.0 Å². The number of nitrogens with two attached hydrogens (primary N) is 1. The van der Waals surface area contributed by atoms with E-state index >= 15 is 0 Å². The molecule has 2 N–H and O–H groups in total. The Bertz CT molecular complexity index is 306. The van der Waals surface area contributed by atoms with Crippen LogP contribution in [0.1, 0.15) is 52.9 Å². The fourth-order valence-corrected chi connectivity index (χ4v) is 2.67. The third-order valence-electron chi connectivity index (χ3n) is 4.08. The van der Waals surface area contributed by atoms with Gasteiger partial charge in [0.1, 0.15) is 0 Å². The normalized spacial score (nSPS) is 24.2. The summed E-state index contributed by atoms with van der Waals surface area (Å²) in [5.74, 6) is 0.124. The summed E-state index contributed by atoms with van der Waals surface area (Å²) in [4.78, 5) is 15.0. The van der Waals surface area contributed by atoms with Crippen molar-refractivity contribution in [1.82, 2.24) is 4.90 Å². The van der Waals surface area contributed by atoms with Crippen LogP contribution in [0.4, 0.5) is 0 Å². The first-order chi connectivity index (χ1) is 7.97. The van der Waals surface area contributed by atoms with Gasteiger partial charge in [-0.15, -0.1) is 0 Å². The van der Waals surface area contributed by atoms with E-state index in [-0.39, 0.29) is 5.91 Å². The highest BCUT2D eigenvalue weighted by Crippen LogP contribution is 2.29. The van der Waals surface area contributed by atoms with E-state index in [1.165, 1.54) is 6.42 Å². The third kappa shape index (κ3) is 2.79. The number of nitrogens with zero attached hydrogens (tertiary/aromatic N) is 1. The Morgan fingerprint density at radius 1 is 1.47 bits per heavy atom. The molecule has 0 aliphatic carbocycles. The van der Waals surface area contributed by atoms with Gasteiger partial charge in [0.25, 0.3) is 0 Å². The van der Waals surface area contributed by atoms with Crippen LogP contribution < -0.4 is 5.73 Å². The molecule has 0 saturated carbocycles. The first kappa shape index (κ1) is 14.4. The number of carbonyl (C=O) groups is 1. The van der Waals surface area contributed by atoms with Crippen LogP contribution in [0, 0.1) is 5.41 Å². The Balaban J connectivity index is 2.89. The Labute approximate surface area is 110 Å². The van der Waals surface area contributed by atoms with Crippen molar-refractivity contribution in [2.45, 2.75) is 58.9 Å². The summed E-state index contributed by atoms with van der Waals surface area (Å²) in [7, 11) is 0. The molecule has 0 bridgehead atoms. The minimum atomic E-state index is -0.667. The summed E-state index contributed by atoms with van der Waals surface area (Å²) in [6.07, 6.45) is 5.12. The van der Waals surface area contributed by atoms with E-state index < -0.39 is 5.41 Å². The second-order valence-electron chi connectivity index (χ2n) is 5.11. The molecule has 0 aromatic rings. The molecule has 3 nitrogen and oxygen atoms in total. The predicted molar refractivity (Wildman–Crippen MR) is 74.8 cm³/mol. The van der Waals surface area contributed by atoms with Crippen LogP contribution in [0.2, 0.25) is 0 Å². The number of carbonyl (C=O) groups excluding carboxylic acids is 1. The van der Waals surface area contributed by atoms with Crippen molar-refractivity contribution in [3.8, 4) is 0 Å². The fraction of sp³-hybridized carbons (Fsp3) is 0.846. The Hall–Kier alpha value is -0.640. The van der Waals surface area contributed by atoms with E-state index in [0.717, 1.165) is 25.8 Å². The summed E-state index contributed by atoms with van der Waals surface area (Å²) in [5.41, 5.74) is 5.09. The molecule has 0 aromatic carbocycles. The zero-order valence-corrected chi connectivity index (χ0v) is 12.0. The van der Waals surface area contributed by atoms with E-state index in [0.29, 0.717) is 17.5 Å². The van der Waals surface area contributed by atoms with Gasteiger partial charge >= 0.3 is 0 Å². The van der Waals surface area contributed by atoms with E-state index in [1.54, 1.807) is 0 Å². The second-order valence-corrected chi connectivity index (χ2v) is 5.55. The number of amides is 1. The summed E-state index contributed by atoms with van der Waals surface area (Å²) >= 11 is 5.08. The average Bonchev–Trinajstić information content (AvgIpc) is 2.36. The SMILES string of the molecule is CCC1CCCCN1C(=O)C(C)(CC)C(N)=S. The molecule has 1 saturated heterocycles. The van der Waals surface area contributed by atoms with Crippen LogP contribution in [-0.4, -0.2) is 28.4 Å². The molecule has 17 heavy (non-hydrogen) atoms. The van der Waals surface area contributed by atoms with Crippen LogP contribution in [-0.2, 0) is 4.79 Å². The van der Waals surface area contributed by atoms with Gasteiger partial charge in [-0.2, -0.15) is 0 Å². The Morgan fingerprint density at radius 2 is 2.12 bits per heavy atom. The molecule has 1 aliphatic heterocycles. The molecule has 2 atom stereocenters. The lowest BCUT2D eigenvalue weighted by Gasteiger charge is -2.40. The minimum absolute atomic E-state index is 0.124. The summed E-state index contributed by atoms with van der Waals surface area (Å²) in [5, 5.41) is 0. The molecule has 98 valence electrons. The van der Waals surface area contributed by atoms with Gasteiger partial charge in [0.2, 0.25) is 5.91 Å². The lowest BCUT2D eigenvalue weighted by atomic mass is 9.84. The number of rotatable bonds is 4. The van der Waals surface area contributed by atoms with Crippen LogP contribution >= 0.6 is 12.2 Å². The van der Waals surface area contributed by atoms with Crippen molar-refractivity contribution >= 4 is 23.1 Å². The fourth-order valence-electron chi connectivity index (χ4n) is 2.44. The predicted octanol–water partition coefficient (Wildman–Crippen LogP) is 2.48. The number of thiocarbonyl (C=S) groups is 1. The molecule has 1 heterocycles. The van der Waals surface area contributed by atoms with Gasteiger partial charge < -0.3 is 10.6 Å². The Morgan fingerprint density at radius 3 is 2.59 bits per heavy atom. The smallest absolute Gasteiger partial charge is 0.235 e. The second kappa shape index (κ2) is 5.80. The summed E-state index contributed by atoms with van der Waals surface area (Å²) < 4.78 is 0. The van der Waals surface area contributed by atoms with Crippen molar-refractivity contribution in [2.75, 3.05) is 6.54 Å². The van der Waals surface area contributed by atoms with Crippen molar-refractivity contribution in [1.29, 1.82) is 0 Å². The number of likely N-dealkylation sites (tertiary alicyclic amines) is 1. The molecule has 1 aliphatic rings. The lowest BCUT2D eigenvalue weighted by molar-refractivity contribution is -0.141. The minimum Gasteiger partial charge on any atom is -0.392 e. The zero-order valence-electron chi connectivity index (χ0n) is 11.2. The molecular formula is C13H24N2OS. The van der Waals surface area contributed by atoms with Crippen LogP contribution in [0.3, 0.4) is 0 Å². The largest absolute Gasteiger partial charge is 0.392 e. The highest BCUT2D eigenvalue weighted by Gasteiger charge is 2.40. The van der Waals surface area contributed by atoms with Crippen molar-refractivity contribution in [2.24, 2.45) is 11.1 Å². The topological polar surface area (TPSA) is 46.3 Å². The molecule has 1 fully saturated rings. The van der Waals surface area contributed by atoms with Gasteiger partial charge in [-0.3, -0.25) is 4.79 Å². The molecule has 0 aromatic heterocycles. The molecule has 4 heteroatoms. The molecule has 1 amide bonds. The first-order valence-electron chi connectivity index (χ1n) is 6.58. The third-order valence-corrected chi connectivity index (χ3v) is 4.53. The Kier molecular flexibility index (Phi) is 4.92. The zero-order chi connectivity index (χ0) is 13.1. The van der Waals surface area contributed by atoms with E-state index in [2.05, 4.69) is 6.92 Å². The number of piperidine rings is 1. The van der Waals surface area contributed by atoms with Crippen molar-refractivity contribution in [3.63, 3.8) is 0 Å². The quantitative estimate of drug-likeness (QED) is 0.786. The highest BCUT2D eigenvalue weighted by atomic mass is 32.1. The van der Waals surface area contributed by atoms with Gasteiger partial charge in [0, 0.05) is 12.6 Å². The van der Waals surface area contributed by atoms with Crippen LogP contribution in [0.15, 0.2) is 0 Å². The first-order valence-corrected chi connectivity index (χ1v) is 6.99.